The molecule has 0 radical (unpaired) electrons. The van der Waals surface area contributed by atoms with E-state index < -0.39 is 92.0 Å². The van der Waals surface area contributed by atoms with Crippen LogP contribution in [0.25, 0.3) is 0 Å². The molecule has 10 atom stereocenters. The highest BCUT2D eigenvalue weighted by Crippen LogP contribution is 2.70. The number of hydrogen-bond donors (Lipinski definition) is 2. The van der Waals surface area contributed by atoms with Crippen LogP contribution < -0.4 is 20.1 Å². The predicted molar refractivity (Wildman–Crippen MR) is 229 cm³/mol. The molecule has 2 N–H and O–H groups in total. The Bertz CT molecular complexity index is 2480. The minimum atomic E-state index is -1.56. The lowest BCUT2D eigenvalue weighted by atomic mass is 9.43. The van der Waals surface area contributed by atoms with Gasteiger partial charge in [0, 0.05) is 24.7 Å². The van der Waals surface area contributed by atoms with E-state index in [1.54, 1.807) is 0 Å². The first kappa shape index (κ1) is 40.0. The van der Waals surface area contributed by atoms with E-state index in [0.717, 1.165) is 33.4 Å². The molecule has 6 aliphatic carbocycles. The van der Waals surface area contributed by atoms with Crippen LogP contribution in [0.5, 0.6) is 11.5 Å². The second-order valence-corrected chi connectivity index (χ2v) is 24.5. The summed E-state index contributed by atoms with van der Waals surface area (Å²) >= 11 is 0. The quantitative estimate of drug-likeness (QED) is 0.225. The van der Waals surface area contributed by atoms with Crippen molar-refractivity contribution in [2.45, 2.75) is 131 Å². The molecule has 11 aliphatic rings. The number of benzene rings is 2. The SMILES string of the molecule is CC(C)(C)C1=CC23Cc4cc(C(C)(C)C)cc5c4O[C@]4(C5)C(=O)C5(C=C(C(C)(C)C)C4C4C(=O)NC(=O)C45)Cc4cc(C(C)(C)C)cc5c4O[C@@](C5)(C2=O)C1C1C(=O)NC(=O)C13. The van der Waals surface area contributed by atoms with Crippen molar-refractivity contribution in [1.29, 1.82) is 0 Å². The zero-order valence-corrected chi connectivity index (χ0v) is 38.0. The summed E-state index contributed by atoms with van der Waals surface area (Å²) in [7, 11) is 0. The molecule has 0 aromatic heterocycles. The maximum atomic E-state index is 16.3. The van der Waals surface area contributed by atoms with Crippen LogP contribution in [0.2, 0.25) is 0 Å². The summed E-state index contributed by atoms with van der Waals surface area (Å²) in [4.78, 5) is 90.2. The summed E-state index contributed by atoms with van der Waals surface area (Å²) in [6, 6.07) is 8.31. The minimum Gasteiger partial charge on any atom is -0.478 e. The van der Waals surface area contributed by atoms with Crippen molar-refractivity contribution in [1.82, 2.24) is 10.6 Å². The molecule has 2 saturated heterocycles. The van der Waals surface area contributed by atoms with Gasteiger partial charge in [0.05, 0.1) is 34.5 Å². The second kappa shape index (κ2) is 11.3. The average Bonchev–Trinajstić information content (AvgIpc) is 3.89. The molecule has 4 fully saturated rings. The van der Waals surface area contributed by atoms with Crippen molar-refractivity contribution >= 4 is 35.2 Å². The Morgan fingerprint density at radius 1 is 0.452 bits per heavy atom. The van der Waals surface area contributed by atoms with Crippen molar-refractivity contribution in [3.8, 4) is 11.5 Å². The molecule has 8 unspecified atom stereocenters. The first-order valence-electron chi connectivity index (χ1n) is 22.6. The average molecular weight is 839 g/mol. The van der Waals surface area contributed by atoms with Crippen LogP contribution in [-0.2, 0) is 65.3 Å². The number of rotatable bonds is 0. The van der Waals surface area contributed by atoms with E-state index in [0.29, 0.717) is 22.6 Å². The van der Waals surface area contributed by atoms with E-state index in [1.807, 2.05) is 12.2 Å². The fourth-order valence-electron chi connectivity index (χ4n) is 14.1. The summed E-state index contributed by atoms with van der Waals surface area (Å²) in [5, 5.41) is 5.36. The van der Waals surface area contributed by atoms with Gasteiger partial charge < -0.3 is 9.47 Å². The van der Waals surface area contributed by atoms with E-state index in [2.05, 4.69) is 118 Å². The number of carbonyl (C=O) groups excluding carboxylic acids is 6. The molecule has 324 valence electrons. The third kappa shape index (κ3) is 4.61. The molecule has 2 aromatic rings. The lowest BCUT2D eigenvalue weighted by molar-refractivity contribution is -0.172. The Hall–Kier alpha value is -4.86. The molecule has 4 spiro atoms. The number of hydrogen-bond acceptors (Lipinski definition) is 8. The molecule has 10 heteroatoms. The Kier molecular flexibility index (Phi) is 7.25. The van der Waals surface area contributed by atoms with Crippen molar-refractivity contribution in [3.63, 3.8) is 0 Å². The van der Waals surface area contributed by atoms with Crippen LogP contribution in [0.3, 0.4) is 0 Å². The zero-order valence-electron chi connectivity index (χ0n) is 38.0. The highest BCUT2D eigenvalue weighted by atomic mass is 16.5. The Balaban J connectivity index is 1.29. The predicted octanol–water partition coefficient (Wildman–Crippen LogP) is 6.55. The van der Waals surface area contributed by atoms with Gasteiger partial charge in [-0.3, -0.25) is 39.4 Å². The van der Waals surface area contributed by atoms with Crippen molar-refractivity contribution in [2.75, 3.05) is 0 Å². The van der Waals surface area contributed by atoms with E-state index >= 15 is 9.59 Å². The van der Waals surface area contributed by atoms with Crippen molar-refractivity contribution in [2.24, 2.45) is 57.2 Å². The molecular weight excluding hydrogens is 781 g/mol. The normalized spacial score (nSPS) is 37.3. The van der Waals surface area contributed by atoms with Crippen LogP contribution >= 0.6 is 0 Å². The Labute approximate surface area is 363 Å². The van der Waals surface area contributed by atoms with Crippen LogP contribution in [0.4, 0.5) is 0 Å². The molecule has 2 aromatic carbocycles. The Morgan fingerprint density at radius 2 is 0.774 bits per heavy atom. The number of nitrogens with one attached hydrogen (secondary N) is 2. The highest BCUT2D eigenvalue weighted by Gasteiger charge is 2.79. The van der Waals surface area contributed by atoms with Gasteiger partial charge in [-0.2, -0.15) is 0 Å². The molecule has 5 aliphatic heterocycles. The fraction of sp³-hybridized carbons (Fsp3) is 0.577. The van der Waals surface area contributed by atoms with Gasteiger partial charge in [-0.1, -0.05) is 131 Å². The molecule has 8 bridgehead atoms. The zero-order chi connectivity index (χ0) is 44.6. The number of amides is 4. The van der Waals surface area contributed by atoms with Gasteiger partial charge in [-0.05, 0) is 67.9 Å². The monoisotopic (exact) mass is 838 g/mol. The van der Waals surface area contributed by atoms with Crippen LogP contribution in [0.15, 0.2) is 47.6 Å². The largest absolute Gasteiger partial charge is 0.478 e. The Morgan fingerprint density at radius 3 is 1.08 bits per heavy atom. The lowest BCUT2D eigenvalue weighted by Crippen LogP contribution is -2.71. The number of ether oxygens (including phenoxy) is 2. The molecule has 62 heavy (non-hydrogen) atoms. The number of imide groups is 2. The van der Waals surface area contributed by atoms with E-state index in [-0.39, 0.29) is 48.1 Å². The van der Waals surface area contributed by atoms with E-state index in [4.69, 9.17) is 9.47 Å². The number of ketones is 2. The summed E-state index contributed by atoms with van der Waals surface area (Å²) in [6.07, 6.45) is 4.43. The van der Waals surface area contributed by atoms with Crippen molar-refractivity contribution in [3.05, 3.63) is 80.9 Å². The van der Waals surface area contributed by atoms with Gasteiger partial charge in [0.1, 0.15) is 11.5 Å². The molecule has 13 rings (SSSR count). The maximum absolute atomic E-state index is 16.3. The van der Waals surface area contributed by atoms with Crippen LogP contribution in [0.1, 0.15) is 116 Å². The van der Waals surface area contributed by atoms with Crippen molar-refractivity contribution < 1.29 is 38.2 Å². The van der Waals surface area contributed by atoms with Gasteiger partial charge in [0.2, 0.25) is 23.6 Å². The molecule has 2 saturated carbocycles. The number of allylic oxidation sites excluding steroid dienone is 2. The highest BCUT2D eigenvalue weighted by molar-refractivity contribution is 6.15. The van der Waals surface area contributed by atoms with Gasteiger partial charge >= 0.3 is 0 Å². The standard InChI is InChI=1S/C52H58N2O8/c1-45(2,3)27-13-23-17-49-21-29(47(7,8)9)34(32-35(49)41(57)53-40(32)56)52(43(49)59)20-26-16-28(46(4,5)6)14-24(38(26)62-52)18-50-22-30(48(10,11)12)33(31-36(50)42(58)54-39(31)55)51(44(50)60)19-25(15-27)37(23)61-51/h13-16,21-22,31-36H,17-20H2,1-12H3,(H,53,56,57)(H,54,55,58)/t31?,32?,33?,34?,35?,36?,49?,50?,51-,52+. The minimum absolute atomic E-state index is 0.0287. The van der Waals surface area contributed by atoms with Crippen LogP contribution in [0, 0.1) is 57.2 Å². The maximum Gasteiger partial charge on any atom is 0.231 e. The first-order chi connectivity index (χ1) is 28.6. The van der Waals surface area contributed by atoms with E-state index in [9.17, 15) is 19.2 Å². The fourth-order valence-corrected chi connectivity index (χ4v) is 14.1. The topological polar surface area (TPSA) is 145 Å². The molecule has 5 heterocycles. The summed E-state index contributed by atoms with van der Waals surface area (Å²) < 4.78 is 14.9. The van der Waals surface area contributed by atoms with Gasteiger partial charge in [-0.15, -0.1) is 0 Å². The van der Waals surface area contributed by atoms with Crippen LogP contribution in [-0.4, -0.2) is 46.4 Å². The molecular formula is C52H58N2O8. The second-order valence-electron chi connectivity index (χ2n) is 24.5. The lowest BCUT2D eigenvalue weighted by Gasteiger charge is -2.59. The van der Waals surface area contributed by atoms with E-state index in [1.165, 1.54) is 0 Å². The number of Topliss-reactive ketones (excluding diaryl/α,β-unsaturated/α-hetero) is 2. The van der Waals surface area contributed by atoms with Gasteiger partial charge in [0.15, 0.2) is 22.8 Å². The third-order valence-electron chi connectivity index (χ3n) is 16.7. The number of carbonyl (C=O) groups is 6. The summed E-state index contributed by atoms with van der Waals surface area (Å²) in [5.74, 6) is -6.42. The smallest absolute Gasteiger partial charge is 0.231 e. The molecule has 10 nitrogen and oxygen atoms in total. The summed E-state index contributed by atoms with van der Waals surface area (Å²) in [5.41, 5.74) is -1.29. The van der Waals surface area contributed by atoms with Gasteiger partial charge in [0.25, 0.3) is 0 Å². The van der Waals surface area contributed by atoms with Gasteiger partial charge in [-0.25, -0.2) is 0 Å². The third-order valence-corrected chi connectivity index (χ3v) is 16.7. The summed E-state index contributed by atoms with van der Waals surface area (Å²) in [6.45, 7) is 25.2. The molecule has 4 amide bonds. The first-order valence-corrected chi connectivity index (χ1v) is 22.6.